The van der Waals surface area contributed by atoms with Crippen LogP contribution in [-0.4, -0.2) is 43.6 Å². The predicted octanol–water partition coefficient (Wildman–Crippen LogP) is 3.14. The summed E-state index contributed by atoms with van der Waals surface area (Å²) in [5.74, 6) is 0.803. The van der Waals surface area contributed by atoms with Gasteiger partial charge in [0.05, 0.1) is 6.61 Å². The molecule has 0 N–H and O–H groups in total. The van der Waals surface area contributed by atoms with Crippen molar-refractivity contribution in [3.63, 3.8) is 0 Å². The van der Waals surface area contributed by atoms with Gasteiger partial charge < -0.3 is 4.74 Å². The molecular formula is C12H26ClNO. The van der Waals surface area contributed by atoms with E-state index < -0.39 is 0 Å². The molecule has 0 saturated heterocycles. The number of rotatable bonds is 10. The quantitative estimate of drug-likeness (QED) is 0.426. The van der Waals surface area contributed by atoms with Gasteiger partial charge >= 0.3 is 0 Å². The Morgan fingerprint density at radius 3 is 2.40 bits per heavy atom. The lowest BCUT2D eigenvalue weighted by Crippen LogP contribution is -2.36. The van der Waals surface area contributed by atoms with Crippen LogP contribution < -0.4 is 0 Å². The Hall–Kier alpha value is 0.210. The third-order valence-electron chi connectivity index (χ3n) is 2.77. The number of ether oxygens (including phenoxy) is 1. The van der Waals surface area contributed by atoms with Crippen molar-refractivity contribution in [2.45, 2.75) is 45.6 Å². The zero-order chi connectivity index (χ0) is 11.5. The zero-order valence-electron chi connectivity index (χ0n) is 10.5. The van der Waals surface area contributed by atoms with E-state index in [-0.39, 0.29) is 0 Å². The van der Waals surface area contributed by atoms with Crippen molar-refractivity contribution in [3.05, 3.63) is 0 Å². The SMILES string of the molecule is CCN(CCCCCCCl)C(C)COC. The topological polar surface area (TPSA) is 12.5 Å². The van der Waals surface area contributed by atoms with E-state index >= 15 is 0 Å². The molecule has 0 aliphatic rings. The summed E-state index contributed by atoms with van der Waals surface area (Å²) in [6.07, 6.45) is 4.99. The van der Waals surface area contributed by atoms with Gasteiger partial charge in [-0.3, -0.25) is 4.90 Å². The van der Waals surface area contributed by atoms with Crippen LogP contribution >= 0.6 is 11.6 Å². The lowest BCUT2D eigenvalue weighted by atomic mass is 10.2. The lowest BCUT2D eigenvalue weighted by molar-refractivity contribution is 0.101. The number of methoxy groups -OCH3 is 1. The number of likely N-dealkylation sites (N-methyl/N-ethyl adjacent to an activating group) is 1. The van der Waals surface area contributed by atoms with Gasteiger partial charge in [0, 0.05) is 19.0 Å². The molecule has 0 bridgehead atoms. The largest absolute Gasteiger partial charge is 0.383 e. The van der Waals surface area contributed by atoms with Crippen LogP contribution in [0, 0.1) is 0 Å². The average Bonchev–Trinajstić information content (AvgIpc) is 2.23. The van der Waals surface area contributed by atoms with E-state index in [2.05, 4.69) is 18.7 Å². The van der Waals surface area contributed by atoms with Gasteiger partial charge in [-0.2, -0.15) is 0 Å². The highest BCUT2D eigenvalue weighted by Crippen LogP contribution is 2.05. The van der Waals surface area contributed by atoms with Crippen LogP contribution in [0.5, 0.6) is 0 Å². The van der Waals surface area contributed by atoms with E-state index in [0.29, 0.717) is 6.04 Å². The Kier molecular flexibility index (Phi) is 10.9. The molecule has 0 heterocycles. The number of nitrogens with zero attached hydrogens (tertiary/aromatic N) is 1. The van der Waals surface area contributed by atoms with Crippen LogP contribution in [0.1, 0.15) is 39.5 Å². The minimum atomic E-state index is 0.535. The van der Waals surface area contributed by atoms with Crippen LogP contribution in [0.2, 0.25) is 0 Å². The third kappa shape index (κ3) is 8.06. The molecule has 15 heavy (non-hydrogen) atoms. The van der Waals surface area contributed by atoms with Crippen LogP contribution in [0.3, 0.4) is 0 Å². The van der Waals surface area contributed by atoms with Gasteiger partial charge in [0.1, 0.15) is 0 Å². The van der Waals surface area contributed by atoms with E-state index in [1.54, 1.807) is 7.11 Å². The normalized spacial score (nSPS) is 13.4. The molecule has 0 aliphatic heterocycles. The first-order valence-corrected chi connectivity index (χ1v) is 6.58. The second-order valence-corrected chi connectivity index (χ2v) is 4.41. The summed E-state index contributed by atoms with van der Waals surface area (Å²) < 4.78 is 5.17. The first kappa shape index (κ1) is 15.2. The van der Waals surface area contributed by atoms with Gasteiger partial charge in [-0.25, -0.2) is 0 Å². The van der Waals surface area contributed by atoms with Crippen molar-refractivity contribution in [1.29, 1.82) is 0 Å². The average molecular weight is 236 g/mol. The maximum atomic E-state index is 5.64. The second-order valence-electron chi connectivity index (χ2n) is 4.04. The van der Waals surface area contributed by atoms with Crippen molar-refractivity contribution in [2.75, 3.05) is 32.7 Å². The molecule has 0 aromatic rings. The Bertz CT molecular complexity index is 133. The van der Waals surface area contributed by atoms with Crippen molar-refractivity contribution < 1.29 is 4.74 Å². The maximum absolute atomic E-state index is 5.64. The van der Waals surface area contributed by atoms with Crippen LogP contribution in [0.4, 0.5) is 0 Å². The molecule has 0 aromatic carbocycles. The third-order valence-corrected chi connectivity index (χ3v) is 3.03. The summed E-state index contributed by atoms with van der Waals surface area (Å²) in [6, 6.07) is 0.535. The van der Waals surface area contributed by atoms with Crippen molar-refractivity contribution in [3.8, 4) is 0 Å². The molecular weight excluding hydrogens is 210 g/mol. The fraction of sp³-hybridized carbons (Fsp3) is 1.00. The van der Waals surface area contributed by atoms with E-state index in [4.69, 9.17) is 16.3 Å². The number of hydrogen-bond acceptors (Lipinski definition) is 2. The number of halogens is 1. The summed E-state index contributed by atoms with van der Waals surface area (Å²) >= 11 is 5.64. The molecule has 0 aromatic heterocycles. The smallest absolute Gasteiger partial charge is 0.0615 e. The van der Waals surface area contributed by atoms with Gasteiger partial charge in [-0.15, -0.1) is 11.6 Å². The fourth-order valence-corrected chi connectivity index (χ4v) is 1.99. The monoisotopic (exact) mass is 235 g/mol. The highest BCUT2D eigenvalue weighted by atomic mass is 35.5. The molecule has 0 spiro atoms. The Morgan fingerprint density at radius 2 is 1.87 bits per heavy atom. The maximum Gasteiger partial charge on any atom is 0.0615 e. The minimum Gasteiger partial charge on any atom is -0.383 e. The molecule has 0 aliphatic carbocycles. The van der Waals surface area contributed by atoms with E-state index in [0.717, 1.165) is 25.5 Å². The Balaban J connectivity index is 3.51. The van der Waals surface area contributed by atoms with Gasteiger partial charge in [-0.05, 0) is 32.9 Å². The molecule has 0 fully saturated rings. The fourth-order valence-electron chi connectivity index (χ4n) is 1.80. The zero-order valence-corrected chi connectivity index (χ0v) is 11.2. The van der Waals surface area contributed by atoms with Crippen LogP contribution in [-0.2, 0) is 4.74 Å². The highest BCUT2D eigenvalue weighted by molar-refractivity contribution is 6.17. The van der Waals surface area contributed by atoms with Gasteiger partial charge in [0.2, 0.25) is 0 Å². The first-order valence-electron chi connectivity index (χ1n) is 6.05. The second kappa shape index (κ2) is 10.7. The molecule has 92 valence electrons. The minimum absolute atomic E-state index is 0.535. The predicted molar refractivity (Wildman–Crippen MR) is 67.8 cm³/mol. The first-order chi connectivity index (χ1) is 7.26. The highest BCUT2D eigenvalue weighted by Gasteiger charge is 2.10. The lowest BCUT2D eigenvalue weighted by Gasteiger charge is -2.27. The summed E-state index contributed by atoms with van der Waals surface area (Å²) in [4.78, 5) is 2.48. The van der Waals surface area contributed by atoms with Gasteiger partial charge in [-0.1, -0.05) is 19.8 Å². The number of hydrogen-bond donors (Lipinski definition) is 0. The molecule has 1 atom stereocenters. The molecule has 2 nitrogen and oxygen atoms in total. The Morgan fingerprint density at radius 1 is 1.20 bits per heavy atom. The molecule has 3 heteroatoms. The molecule has 1 unspecified atom stereocenters. The molecule has 0 radical (unpaired) electrons. The molecule has 0 amide bonds. The summed E-state index contributed by atoms with van der Waals surface area (Å²) in [7, 11) is 1.77. The van der Waals surface area contributed by atoms with Crippen molar-refractivity contribution >= 4 is 11.6 Å². The summed E-state index contributed by atoms with van der Waals surface area (Å²) in [5.41, 5.74) is 0. The Labute approximate surface area is 99.9 Å². The van der Waals surface area contributed by atoms with Gasteiger partial charge in [0.25, 0.3) is 0 Å². The van der Waals surface area contributed by atoms with Crippen LogP contribution in [0.25, 0.3) is 0 Å². The summed E-state index contributed by atoms with van der Waals surface area (Å²) in [6.45, 7) is 7.57. The number of alkyl halides is 1. The summed E-state index contributed by atoms with van der Waals surface area (Å²) in [5, 5.41) is 0. The van der Waals surface area contributed by atoms with Crippen molar-refractivity contribution in [2.24, 2.45) is 0 Å². The van der Waals surface area contributed by atoms with Gasteiger partial charge in [0.15, 0.2) is 0 Å². The standard InChI is InChI=1S/C12H26ClNO/c1-4-14(12(2)11-15-3)10-8-6-5-7-9-13/h12H,4-11H2,1-3H3. The number of unbranched alkanes of at least 4 members (excludes halogenated alkanes) is 3. The van der Waals surface area contributed by atoms with Crippen LogP contribution in [0.15, 0.2) is 0 Å². The van der Waals surface area contributed by atoms with E-state index in [9.17, 15) is 0 Å². The molecule has 0 saturated carbocycles. The molecule has 0 rings (SSSR count). The van der Waals surface area contributed by atoms with E-state index in [1.165, 1.54) is 25.8 Å². The van der Waals surface area contributed by atoms with E-state index in [1.807, 2.05) is 0 Å². The van der Waals surface area contributed by atoms with Crippen molar-refractivity contribution in [1.82, 2.24) is 4.90 Å².